The molecule has 212 valence electrons. The van der Waals surface area contributed by atoms with Crippen LogP contribution in [0.5, 0.6) is 0 Å². The zero-order valence-electron chi connectivity index (χ0n) is 22.0. The number of hydrogen-bond donors (Lipinski definition) is 2. The molecule has 0 spiro atoms. The number of nitrogens with one attached hydrogen (secondary N) is 1. The maximum atomic E-state index is 13.0. The molecule has 2 aromatic carbocycles. The normalized spacial score (nSPS) is 17.9. The molecule has 12 heteroatoms. The molecule has 0 radical (unpaired) electrons. The minimum Gasteiger partial charge on any atom is -0.397 e. The molecule has 3 heterocycles. The van der Waals surface area contributed by atoms with E-state index in [0.717, 1.165) is 5.56 Å². The lowest BCUT2D eigenvalue weighted by molar-refractivity contribution is -0.132. The number of morpholine rings is 1. The molecule has 0 aliphatic carbocycles. The molecule has 0 saturated carbocycles. The summed E-state index contributed by atoms with van der Waals surface area (Å²) in [4.78, 5) is 56.7. The lowest BCUT2D eigenvalue weighted by Crippen LogP contribution is -2.51. The van der Waals surface area contributed by atoms with Crippen LogP contribution in [-0.2, 0) is 16.1 Å². The molecule has 3 aliphatic heterocycles. The summed E-state index contributed by atoms with van der Waals surface area (Å²) in [6.07, 6.45) is 1.57. The van der Waals surface area contributed by atoms with Crippen molar-refractivity contribution in [2.45, 2.75) is 38.3 Å². The number of carbonyl (C=O) groups excluding carboxylic acids is 4. The SMILES string of the molecule is Nc1c(Br)cc(C(=O)CCC(=O)N2CCC(N3Cc4ccc(C(=O)N5CCOCC5)cc4NC3=O)CC2)cc1Br. The van der Waals surface area contributed by atoms with Gasteiger partial charge in [-0.15, -0.1) is 0 Å². The van der Waals surface area contributed by atoms with Crippen LogP contribution >= 0.6 is 31.9 Å². The first-order valence-electron chi connectivity index (χ1n) is 13.3. The second kappa shape index (κ2) is 12.3. The number of amides is 4. The average Bonchev–Trinajstić information content (AvgIpc) is 2.97. The van der Waals surface area contributed by atoms with Gasteiger partial charge in [-0.05, 0) is 74.5 Å². The maximum Gasteiger partial charge on any atom is 0.322 e. The van der Waals surface area contributed by atoms with Gasteiger partial charge in [0.2, 0.25) is 5.91 Å². The number of Topliss-reactive ketones (excluding diaryl/α,β-unsaturated/α-hetero) is 1. The van der Waals surface area contributed by atoms with Gasteiger partial charge in [-0.1, -0.05) is 6.07 Å². The van der Waals surface area contributed by atoms with Crippen molar-refractivity contribution in [3.05, 3.63) is 56.0 Å². The molecule has 0 atom stereocenters. The van der Waals surface area contributed by atoms with Crippen LogP contribution in [0, 0.1) is 0 Å². The highest BCUT2D eigenvalue weighted by Crippen LogP contribution is 2.31. The van der Waals surface area contributed by atoms with Gasteiger partial charge < -0.3 is 30.5 Å². The topological polar surface area (TPSA) is 125 Å². The summed E-state index contributed by atoms with van der Waals surface area (Å²) in [5.74, 6) is -0.245. The van der Waals surface area contributed by atoms with Gasteiger partial charge in [0.25, 0.3) is 5.91 Å². The minimum atomic E-state index is -0.195. The minimum absolute atomic E-state index is 0.00188. The van der Waals surface area contributed by atoms with Crippen molar-refractivity contribution >= 4 is 66.9 Å². The molecule has 2 aromatic rings. The fraction of sp³-hybridized carbons (Fsp3) is 0.429. The third kappa shape index (κ3) is 6.18. The number of benzene rings is 2. The van der Waals surface area contributed by atoms with Crippen molar-refractivity contribution in [2.75, 3.05) is 50.4 Å². The van der Waals surface area contributed by atoms with E-state index in [1.54, 1.807) is 28.0 Å². The Hall–Kier alpha value is -2.96. The van der Waals surface area contributed by atoms with Gasteiger partial charge in [0.1, 0.15) is 0 Å². The largest absolute Gasteiger partial charge is 0.397 e. The summed E-state index contributed by atoms with van der Waals surface area (Å²) in [6.45, 7) is 3.70. The van der Waals surface area contributed by atoms with Crippen LogP contribution in [0.15, 0.2) is 39.3 Å². The highest BCUT2D eigenvalue weighted by molar-refractivity contribution is 9.11. The van der Waals surface area contributed by atoms with Crippen molar-refractivity contribution < 1.29 is 23.9 Å². The lowest BCUT2D eigenvalue weighted by atomic mass is 9.99. The quantitative estimate of drug-likeness (QED) is 0.348. The van der Waals surface area contributed by atoms with Crippen LogP contribution in [0.1, 0.15) is 52.0 Å². The first-order valence-corrected chi connectivity index (χ1v) is 14.9. The van der Waals surface area contributed by atoms with E-state index in [0.29, 0.717) is 90.2 Å². The fourth-order valence-corrected chi connectivity index (χ4v) is 6.53. The Morgan fingerprint density at radius 3 is 2.27 bits per heavy atom. The van der Waals surface area contributed by atoms with Crippen molar-refractivity contribution in [1.82, 2.24) is 14.7 Å². The second-order valence-corrected chi connectivity index (χ2v) is 11.9. The van der Waals surface area contributed by atoms with Crippen LogP contribution in [0.4, 0.5) is 16.2 Å². The standard InChI is InChI=1S/C28H31Br2N5O5/c29-21-13-19(14-22(30)26(21)31)24(36)3-4-25(37)33-7-5-20(6-8-33)35-16-18-2-1-17(15-23(18)32-28(35)39)27(38)34-9-11-40-12-10-34/h1-2,13-15,20H,3-12,16,31H2,(H,32,39). The highest BCUT2D eigenvalue weighted by Gasteiger charge is 2.33. The van der Waals surface area contributed by atoms with Gasteiger partial charge in [-0.3, -0.25) is 14.4 Å². The number of urea groups is 1. The van der Waals surface area contributed by atoms with Crippen molar-refractivity contribution in [3.63, 3.8) is 0 Å². The molecule has 10 nitrogen and oxygen atoms in total. The third-order valence-electron chi connectivity index (χ3n) is 7.72. The van der Waals surface area contributed by atoms with Gasteiger partial charge in [0.15, 0.2) is 5.78 Å². The van der Waals surface area contributed by atoms with E-state index in [1.807, 2.05) is 17.0 Å². The molecule has 0 aromatic heterocycles. The summed E-state index contributed by atoms with van der Waals surface area (Å²) < 4.78 is 6.59. The molecular formula is C28H31Br2N5O5. The number of rotatable bonds is 6. The van der Waals surface area contributed by atoms with E-state index in [2.05, 4.69) is 37.2 Å². The van der Waals surface area contributed by atoms with E-state index in [-0.39, 0.29) is 42.5 Å². The van der Waals surface area contributed by atoms with Crippen LogP contribution in [-0.4, -0.2) is 83.8 Å². The predicted octanol–water partition coefficient (Wildman–Crippen LogP) is 4.27. The van der Waals surface area contributed by atoms with Crippen LogP contribution < -0.4 is 11.1 Å². The first-order chi connectivity index (χ1) is 19.2. The molecule has 2 fully saturated rings. The molecule has 3 aliphatic rings. The predicted molar refractivity (Wildman–Crippen MR) is 157 cm³/mol. The number of piperidine rings is 1. The van der Waals surface area contributed by atoms with Crippen molar-refractivity contribution in [1.29, 1.82) is 0 Å². The number of likely N-dealkylation sites (tertiary alicyclic amines) is 1. The summed E-state index contributed by atoms with van der Waals surface area (Å²) in [5.41, 5.74) is 9.08. The number of ether oxygens (including phenoxy) is 1. The number of nitrogen functional groups attached to an aromatic ring is 1. The Balaban J connectivity index is 1.13. The van der Waals surface area contributed by atoms with E-state index in [1.165, 1.54) is 0 Å². The highest BCUT2D eigenvalue weighted by atomic mass is 79.9. The number of halogens is 2. The van der Waals surface area contributed by atoms with E-state index >= 15 is 0 Å². The number of hydrogen-bond acceptors (Lipinski definition) is 6. The van der Waals surface area contributed by atoms with Crippen molar-refractivity contribution in [3.8, 4) is 0 Å². The van der Waals surface area contributed by atoms with Gasteiger partial charge in [0, 0.05) is 77.4 Å². The van der Waals surface area contributed by atoms with Crippen LogP contribution in [0.2, 0.25) is 0 Å². The molecule has 5 rings (SSSR count). The summed E-state index contributed by atoms with van der Waals surface area (Å²) in [7, 11) is 0. The number of nitrogens with two attached hydrogens (primary N) is 1. The van der Waals surface area contributed by atoms with Gasteiger partial charge >= 0.3 is 6.03 Å². The molecule has 4 amide bonds. The van der Waals surface area contributed by atoms with Gasteiger partial charge in [-0.25, -0.2) is 4.79 Å². The third-order valence-corrected chi connectivity index (χ3v) is 9.04. The Bertz CT molecular complexity index is 1320. The second-order valence-electron chi connectivity index (χ2n) is 10.2. The Morgan fingerprint density at radius 2 is 1.60 bits per heavy atom. The molecule has 0 bridgehead atoms. The number of ketones is 1. The molecule has 0 unspecified atom stereocenters. The summed E-state index contributed by atoms with van der Waals surface area (Å²) in [5, 5.41) is 2.96. The molecular weight excluding hydrogens is 646 g/mol. The monoisotopic (exact) mass is 675 g/mol. The van der Waals surface area contributed by atoms with E-state index in [9.17, 15) is 19.2 Å². The number of anilines is 2. The molecule has 3 N–H and O–H groups in total. The number of fused-ring (bicyclic) bond motifs is 1. The zero-order valence-corrected chi connectivity index (χ0v) is 25.1. The van der Waals surface area contributed by atoms with E-state index in [4.69, 9.17) is 10.5 Å². The number of nitrogens with zero attached hydrogens (tertiary/aromatic N) is 3. The van der Waals surface area contributed by atoms with Gasteiger partial charge in [0.05, 0.1) is 18.9 Å². The summed E-state index contributed by atoms with van der Waals surface area (Å²) in [6, 6.07) is 8.62. The average molecular weight is 677 g/mol. The number of carbonyl (C=O) groups is 4. The fourth-order valence-electron chi connectivity index (χ4n) is 5.35. The first kappa shape index (κ1) is 28.6. The zero-order chi connectivity index (χ0) is 28.4. The van der Waals surface area contributed by atoms with Crippen molar-refractivity contribution in [2.24, 2.45) is 0 Å². The molecule has 2 saturated heterocycles. The lowest BCUT2D eigenvalue weighted by Gasteiger charge is -2.40. The Labute approximate surface area is 249 Å². The smallest absolute Gasteiger partial charge is 0.322 e. The van der Waals surface area contributed by atoms with Crippen LogP contribution in [0.3, 0.4) is 0 Å². The summed E-state index contributed by atoms with van der Waals surface area (Å²) >= 11 is 6.70. The maximum absolute atomic E-state index is 13.0. The molecule has 40 heavy (non-hydrogen) atoms. The Morgan fingerprint density at radius 1 is 0.925 bits per heavy atom. The van der Waals surface area contributed by atoms with Gasteiger partial charge in [-0.2, -0.15) is 0 Å². The Kier molecular flexibility index (Phi) is 8.77. The van der Waals surface area contributed by atoms with Crippen LogP contribution in [0.25, 0.3) is 0 Å². The van der Waals surface area contributed by atoms with E-state index < -0.39 is 0 Å².